The fourth-order valence-electron chi connectivity index (χ4n) is 3.07. The lowest BCUT2D eigenvalue weighted by atomic mass is 9.91. The molecule has 1 atom stereocenters. The number of morpholine rings is 1. The van der Waals surface area contributed by atoms with Gasteiger partial charge in [0.2, 0.25) is 17.1 Å². The van der Waals surface area contributed by atoms with E-state index in [1.807, 2.05) is 0 Å². The van der Waals surface area contributed by atoms with E-state index in [2.05, 4.69) is 0 Å². The molecule has 8 heteroatoms. The van der Waals surface area contributed by atoms with Gasteiger partial charge in [0, 0.05) is 25.6 Å². The topological polar surface area (TPSA) is 80.0 Å². The smallest absolute Gasteiger partial charge is 0.227 e. The highest BCUT2D eigenvalue weighted by Crippen LogP contribution is 2.34. The van der Waals surface area contributed by atoms with Crippen LogP contribution in [0, 0.1) is 18.6 Å². The number of aromatic hydroxyl groups is 1. The molecular formula is C19H19F2NO5. The SMILES string of the molecule is Cc1cc(=O)c(O)c([C@@H](CC(=O)N2CCOCC2)c2ccc(F)c(F)c2)o1. The lowest BCUT2D eigenvalue weighted by Crippen LogP contribution is -2.41. The summed E-state index contributed by atoms with van der Waals surface area (Å²) in [6.45, 7) is 3.16. The summed E-state index contributed by atoms with van der Waals surface area (Å²) in [5.74, 6) is -3.89. The zero-order valence-electron chi connectivity index (χ0n) is 14.7. The zero-order valence-corrected chi connectivity index (χ0v) is 14.7. The quantitative estimate of drug-likeness (QED) is 0.882. The minimum Gasteiger partial charge on any atom is -0.502 e. The van der Waals surface area contributed by atoms with E-state index in [0.29, 0.717) is 26.3 Å². The van der Waals surface area contributed by atoms with E-state index in [1.165, 1.54) is 13.0 Å². The van der Waals surface area contributed by atoms with Crippen molar-refractivity contribution in [2.75, 3.05) is 26.3 Å². The summed E-state index contributed by atoms with van der Waals surface area (Å²) < 4.78 is 37.8. The van der Waals surface area contributed by atoms with E-state index >= 15 is 0 Å². The third-order valence-electron chi connectivity index (χ3n) is 4.48. The van der Waals surface area contributed by atoms with Gasteiger partial charge in [0.1, 0.15) is 5.76 Å². The molecule has 1 aromatic carbocycles. The molecule has 27 heavy (non-hydrogen) atoms. The summed E-state index contributed by atoms with van der Waals surface area (Å²) in [7, 11) is 0. The molecule has 0 aliphatic carbocycles. The van der Waals surface area contributed by atoms with Crippen LogP contribution in [0.3, 0.4) is 0 Å². The van der Waals surface area contributed by atoms with Crippen LogP contribution in [0.1, 0.15) is 29.4 Å². The van der Waals surface area contributed by atoms with Crippen LogP contribution < -0.4 is 5.43 Å². The average Bonchev–Trinajstić information content (AvgIpc) is 2.66. The van der Waals surface area contributed by atoms with Crippen LogP contribution in [-0.4, -0.2) is 42.2 Å². The van der Waals surface area contributed by atoms with Crippen LogP contribution in [0.25, 0.3) is 0 Å². The van der Waals surface area contributed by atoms with Gasteiger partial charge in [0.25, 0.3) is 0 Å². The Balaban J connectivity index is 2.02. The maximum absolute atomic E-state index is 13.8. The van der Waals surface area contributed by atoms with Gasteiger partial charge >= 0.3 is 0 Å². The lowest BCUT2D eigenvalue weighted by molar-refractivity contribution is -0.135. The largest absolute Gasteiger partial charge is 0.502 e. The number of ether oxygens (including phenoxy) is 1. The van der Waals surface area contributed by atoms with E-state index in [4.69, 9.17) is 9.15 Å². The Morgan fingerprint density at radius 3 is 2.59 bits per heavy atom. The molecule has 2 heterocycles. The first kappa shape index (κ1) is 19.0. The maximum atomic E-state index is 13.8. The molecule has 3 rings (SSSR count). The van der Waals surface area contributed by atoms with Crippen LogP contribution in [0.4, 0.5) is 8.78 Å². The molecule has 2 aromatic rings. The summed E-state index contributed by atoms with van der Waals surface area (Å²) in [6, 6.07) is 4.29. The van der Waals surface area contributed by atoms with Gasteiger partial charge in [-0.15, -0.1) is 0 Å². The first-order valence-electron chi connectivity index (χ1n) is 8.51. The van der Waals surface area contributed by atoms with Crippen molar-refractivity contribution in [2.45, 2.75) is 19.3 Å². The van der Waals surface area contributed by atoms with Gasteiger partial charge in [-0.25, -0.2) is 8.78 Å². The molecule has 0 radical (unpaired) electrons. The number of rotatable bonds is 4. The van der Waals surface area contributed by atoms with Crippen molar-refractivity contribution < 1.29 is 27.8 Å². The average molecular weight is 379 g/mol. The summed E-state index contributed by atoms with van der Waals surface area (Å²) >= 11 is 0. The van der Waals surface area contributed by atoms with Gasteiger partial charge in [-0.3, -0.25) is 9.59 Å². The molecule has 1 amide bonds. The number of carbonyl (C=O) groups is 1. The van der Waals surface area contributed by atoms with E-state index in [9.17, 15) is 23.5 Å². The molecule has 1 aliphatic rings. The van der Waals surface area contributed by atoms with Crippen LogP contribution in [-0.2, 0) is 9.53 Å². The van der Waals surface area contributed by atoms with Crippen molar-refractivity contribution >= 4 is 5.91 Å². The number of benzene rings is 1. The molecule has 1 aliphatic heterocycles. The van der Waals surface area contributed by atoms with Gasteiger partial charge in [-0.1, -0.05) is 6.07 Å². The first-order chi connectivity index (χ1) is 12.9. The molecule has 144 valence electrons. The highest BCUT2D eigenvalue weighted by atomic mass is 19.2. The van der Waals surface area contributed by atoms with Crippen molar-refractivity contribution in [3.63, 3.8) is 0 Å². The van der Waals surface area contributed by atoms with E-state index < -0.39 is 28.7 Å². The minimum absolute atomic E-state index is 0.146. The number of carbonyl (C=O) groups excluding carboxylic acids is 1. The molecule has 6 nitrogen and oxygen atoms in total. The summed E-state index contributed by atoms with van der Waals surface area (Å²) in [5.41, 5.74) is -0.445. The first-order valence-corrected chi connectivity index (χ1v) is 8.51. The van der Waals surface area contributed by atoms with Crippen LogP contribution in [0.15, 0.2) is 33.5 Å². The number of aryl methyl sites for hydroxylation is 1. The van der Waals surface area contributed by atoms with Gasteiger partial charge in [-0.2, -0.15) is 0 Å². The monoisotopic (exact) mass is 379 g/mol. The summed E-state index contributed by atoms with van der Waals surface area (Å²) in [5, 5.41) is 10.2. The van der Waals surface area contributed by atoms with E-state index in [1.54, 1.807) is 4.90 Å². The molecule has 1 fully saturated rings. The van der Waals surface area contributed by atoms with Crippen LogP contribution in [0.2, 0.25) is 0 Å². The Morgan fingerprint density at radius 2 is 1.93 bits per heavy atom. The molecule has 1 aromatic heterocycles. The van der Waals surface area contributed by atoms with E-state index in [-0.39, 0.29) is 29.4 Å². The van der Waals surface area contributed by atoms with Crippen molar-refractivity contribution in [3.05, 3.63) is 63.2 Å². The predicted octanol–water partition coefficient (Wildman–Crippen LogP) is 2.31. The third kappa shape index (κ3) is 4.16. The van der Waals surface area contributed by atoms with Crippen molar-refractivity contribution in [2.24, 2.45) is 0 Å². The number of hydrogen-bond donors (Lipinski definition) is 1. The fraction of sp³-hybridized carbons (Fsp3) is 0.368. The van der Waals surface area contributed by atoms with Crippen LogP contribution in [0.5, 0.6) is 5.75 Å². The Hall–Kier alpha value is -2.74. The zero-order chi connectivity index (χ0) is 19.6. The molecule has 0 bridgehead atoms. The van der Waals surface area contributed by atoms with Gasteiger partial charge in [-0.05, 0) is 24.6 Å². The number of nitrogens with zero attached hydrogens (tertiary/aromatic N) is 1. The second-order valence-electron chi connectivity index (χ2n) is 6.36. The number of halogens is 2. The molecule has 0 spiro atoms. The van der Waals surface area contributed by atoms with E-state index in [0.717, 1.165) is 18.2 Å². The minimum atomic E-state index is -1.09. The Morgan fingerprint density at radius 1 is 1.22 bits per heavy atom. The molecule has 0 saturated carbocycles. The molecule has 1 saturated heterocycles. The van der Waals surface area contributed by atoms with Crippen LogP contribution >= 0.6 is 0 Å². The van der Waals surface area contributed by atoms with Gasteiger partial charge in [0.05, 0.1) is 19.1 Å². The standard InChI is InChI=1S/C19H19F2NO5/c1-11-8-16(23)18(25)19(27-11)13(12-2-3-14(20)15(21)9-12)10-17(24)22-4-6-26-7-5-22/h2-3,8-9,13,25H,4-7,10H2,1H3/t13-/m0/s1. The summed E-state index contributed by atoms with van der Waals surface area (Å²) in [6.07, 6.45) is -0.176. The Kier molecular flexibility index (Phi) is 5.55. The molecule has 0 unspecified atom stereocenters. The normalized spacial score (nSPS) is 15.6. The second kappa shape index (κ2) is 7.87. The summed E-state index contributed by atoms with van der Waals surface area (Å²) in [4.78, 5) is 26.2. The number of hydrogen-bond acceptors (Lipinski definition) is 5. The predicted molar refractivity (Wildman–Crippen MR) is 91.6 cm³/mol. The Labute approximate surface area is 154 Å². The lowest BCUT2D eigenvalue weighted by Gasteiger charge is -2.28. The van der Waals surface area contributed by atoms with Gasteiger partial charge in [0.15, 0.2) is 17.4 Å². The fourth-order valence-corrected chi connectivity index (χ4v) is 3.07. The van der Waals surface area contributed by atoms with Crippen molar-refractivity contribution in [3.8, 4) is 5.75 Å². The second-order valence-corrected chi connectivity index (χ2v) is 6.36. The van der Waals surface area contributed by atoms with Crippen molar-refractivity contribution in [1.29, 1.82) is 0 Å². The van der Waals surface area contributed by atoms with Gasteiger partial charge < -0.3 is 19.2 Å². The third-order valence-corrected chi connectivity index (χ3v) is 4.48. The maximum Gasteiger partial charge on any atom is 0.227 e. The highest BCUT2D eigenvalue weighted by Gasteiger charge is 2.29. The highest BCUT2D eigenvalue weighted by molar-refractivity contribution is 5.78. The number of amides is 1. The van der Waals surface area contributed by atoms with Crippen molar-refractivity contribution in [1.82, 2.24) is 4.90 Å². The molecular weight excluding hydrogens is 360 g/mol. The molecule has 1 N–H and O–H groups in total. The Bertz CT molecular complexity index is 905.